The molecule has 6 atom stereocenters. The number of amides is 1. The molecule has 3 rings (SSSR count). The zero-order valence-electron chi connectivity index (χ0n) is 15.9. The van der Waals surface area contributed by atoms with Gasteiger partial charge in [-0.3, -0.25) is 4.79 Å². The molecule has 3 N–H and O–H groups in total. The van der Waals surface area contributed by atoms with Crippen molar-refractivity contribution in [3.8, 4) is 0 Å². The van der Waals surface area contributed by atoms with Crippen molar-refractivity contribution in [3.63, 3.8) is 0 Å². The van der Waals surface area contributed by atoms with Crippen LogP contribution in [0, 0.1) is 11.8 Å². The molecule has 148 valence electrons. The highest BCUT2D eigenvalue weighted by Gasteiger charge is 2.72. The molecule has 0 aromatic carbocycles. The van der Waals surface area contributed by atoms with Crippen LogP contribution in [0.3, 0.4) is 0 Å². The first-order chi connectivity index (χ1) is 12.4. The standard InChI is InChI=1S/C20H33NO5/c1-3-4-10-16-21-18(24)15(11-12-22)19(2,25)20(21,13-26-16)17(23)14-8-6-5-7-9-14/h6,8,14-17,22-23,25H,3-5,7,9-13H2,1-2H3/t14-,15+,16+,17+,19+,20-/m1/s1. The summed E-state index contributed by atoms with van der Waals surface area (Å²) >= 11 is 0. The Labute approximate surface area is 155 Å². The topological polar surface area (TPSA) is 90.2 Å². The van der Waals surface area contributed by atoms with Crippen LogP contribution in [0.2, 0.25) is 0 Å². The lowest BCUT2D eigenvalue weighted by Crippen LogP contribution is -2.66. The van der Waals surface area contributed by atoms with Crippen LogP contribution in [0.4, 0.5) is 0 Å². The molecule has 0 bridgehead atoms. The number of aliphatic hydroxyl groups excluding tert-OH is 2. The number of nitrogens with zero attached hydrogens (tertiary/aromatic N) is 1. The van der Waals surface area contributed by atoms with E-state index in [-0.39, 0.29) is 31.5 Å². The van der Waals surface area contributed by atoms with Crippen molar-refractivity contribution in [1.29, 1.82) is 0 Å². The van der Waals surface area contributed by atoms with Crippen molar-refractivity contribution in [2.24, 2.45) is 11.8 Å². The van der Waals surface area contributed by atoms with Gasteiger partial charge in [-0.25, -0.2) is 0 Å². The van der Waals surface area contributed by atoms with Crippen molar-refractivity contribution in [2.75, 3.05) is 13.2 Å². The number of allylic oxidation sites excluding steroid dienone is 1. The zero-order chi connectivity index (χ0) is 18.9. The van der Waals surface area contributed by atoms with E-state index in [9.17, 15) is 20.1 Å². The second-order valence-corrected chi connectivity index (χ2v) is 8.22. The van der Waals surface area contributed by atoms with Gasteiger partial charge in [0.05, 0.1) is 18.6 Å². The van der Waals surface area contributed by atoms with Gasteiger partial charge in [0.15, 0.2) is 0 Å². The minimum atomic E-state index is -1.46. The molecule has 6 heteroatoms. The van der Waals surface area contributed by atoms with Crippen LogP contribution >= 0.6 is 0 Å². The summed E-state index contributed by atoms with van der Waals surface area (Å²) in [6.07, 6.45) is 8.38. The number of hydrogen-bond donors (Lipinski definition) is 3. The summed E-state index contributed by atoms with van der Waals surface area (Å²) in [5.41, 5.74) is -2.62. The smallest absolute Gasteiger partial charge is 0.231 e. The Morgan fingerprint density at radius 1 is 1.42 bits per heavy atom. The van der Waals surface area contributed by atoms with Gasteiger partial charge in [0.25, 0.3) is 0 Å². The van der Waals surface area contributed by atoms with Crippen LogP contribution in [-0.4, -0.2) is 62.8 Å². The molecule has 2 heterocycles. The van der Waals surface area contributed by atoms with Gasteiger partial charge in [-0.15, -0.1) is 0 Å². The van der Waals surface area contributed by atoms with E-state index in [2.05, 4.69) is 13.0 Å². The highest BCUT2D eigenvalue weighted by Crippen LogP contribution is 2.53. The fraction of sp³-hybridized carbons (Fsp3) is 0.850. The minimum absolute atomic E-state index is 0.105. The van der Waals surface area contributed by atoms with Crippen molar-refractivity contribution < 1.29 is 24.9 Å². The maximum absolute atomic E-state index is 13.2. The highest BCUT2D eigenvalue weighted by molar-refractivity contribution is 5.85. The molecule has 1 amide bonds. The fourth-order valence-electron chi connectivity index (χ4n) is 5.17. The molecule has 26 heavy (non-hydrogen) atoms. The summed E-state index contributed by atoms with van der Waals surface area (Å²) < 4.78 is 5.97. The van der Waals surface area contributed by atoms with Crippen LogP contribution < -0.4 is 0 Å². The average Bonchev–Trinajstić information content (AvgIpc) is 3.11. The van der Waals surface area contributed by atoms with Gasteiger partial charge < -0.3 is 25.0 Å². The summed E-state index contributed by atoms with van der Waals surface area (Å²) in [7, 11) is 0. The van der Waals surface area contributed by atoms with Crippen LogP contribution in [-0.2, 0) is 9.53 Å². The molecule has 2 saturated heterocycles. The van der Waals surface area contributed by atoms with Gasteiger partial charge >= 0.3 is 0 Å². The third kappa shape index (κ3) is 2.82. The second kappa shape index (κ2) is 7.58. The average molecular weight is 367 g/mol. The van der Waals surface area contributed by atoms with Crippen LogP contribution in [0.15, 0.2) is 12.2 Å². The largest absolute Gasteiger partial charge is 0.396 e. The lowest BCUT2D eigenvalue weighted by molar-refractivity contribution is -0.142. The third-order valence-corrected chi connectivity index (χ3v) is 6.71. The second-order valence-electron chi connectivity index (χ2n) is 8.22. The van der Waals surface area contributed by atoms with Crippen molar-refractivity contribution >= 4 is 5.91 Å². The van der Waals surface area contributed by atoms with Gasteiger partial charge in [0.1, 0.15) is 17.4 Å². The first kappa shape index (κ1) is 19.8. The van der Waals surface area contributed by atoms with Gasteiger partial charge in [0.2, 0.25) is 5.91 Å². The van der Waals surface area contributed by atoms with E-state index < -0.39 is 29.4 Å². The Morgan fingerprint density at radius 2 is 2.19 bits per heavy atom. The van der Waals surface area contributed by atoms with Crippen LogP contribution in [0.25, 0.3) is 0 Å². The summed E-state index contributed by atoms with van der Waals surface area (Å²) in [4.78, 5) is 14.8. The normalized spacial score (nSPS) is 40.9. The summed E-state index contributed by atoms with van der Waals surface area (Å²) in [5.74, 6) is -1.03. The molecule has 0 spiro atoms. The Morgan fingerprint density at radius 3 is 2.81 bits per heavy atom. The zero-order valence-corrected chi connectivity index (χ0v) is 15.9. The molecule has 0 aromatic heterocycles. The van der Waals surface area contributed by atoms with E-state index in [1.165, 1.54) is 0 Å². The number of hydrogen-bond acceptors (Lipinski definition) is 5. The van der Waals surface area contributed by atoms with Gasteiger partial charge in [-0.1, -0.05) is 25.5 Å². The number of ether oxygens (including phenoxy) is 1. The Hall–Kier alpha value is -0.950. The molecule has 0 unspecified atom stereocenters. The molecular weight excluding hydrogens is 334 g/mol. The summed E-state index contributed by atoms with van der Waals surface area (Å²) in [6, 6.07) is 0. The molecule has 0 radical (unpaired) electrons. The molecule has 2 aliphatic heterocycles. The monoisotopic (exact) mass is 367 g/mol. The van der Waals surface area contributed by atoms with E-state index in [1.807, 2.05) is 6.08 Å². The van der Waals surface area contributed by atoms with E-state index in [0.717, 1.165) is 32.1 Å². The SMILES string of the molecule is CCCC[C@@H]1OC[C@]2([C@@H](O)[C@@H]3C=CCCC3)N1C(=O)[C@H](CCO)[C@]2(C)O. The first-order valence-corrected chi connectivity index (χ1v) is 10.0. The lowest BCUT2D eigenvalue weighted by Gasteiger charge is -2.46. The van der Waals surface area contributed by atoms with Crippen LogP contribution in [0.5, 0.6) is 0 Å². The van der Waals surface area contributed by atoms with Crippen LogP contribution in [0.1, 0.15) is 58.8 Å². The highest BCUT2D eigenvalue weighted by atomic mass is 16.5. The fourth-order valence-corrected chi connectivity index (χ4v) is 5.17. The lowest BCUT2D eigenvalue weighted by atomic mass is 9.68. The van der Waals surface area contributed by atoms with Gasteiger partial charge in [-0.05, 0) is 45.4 Å². The van der Waals surface area contributed by atoms with Crippen molar-refractivity contribution in [1.82, 2.24) is 4.90 Å². The maximum Gasteiger partial charge on any atom is 0.231 e. The molecular formula is C20H33NO5. The van der Waals surface area contributed by atoms with Gasteiger partial charge in [-0.2, -0.15) is 0 Å². The molecule has 0 saturated carbocycles. The molecule has 0 aromatic rings. The van der Waals surface area contributed by atoms with E-state index in [4.69, 9.17) is 4.74 Å². The first-order valence-electron chi connectivity index (χ1n) is 10.0. The minimum Gasteiger partial charge on any atom is -0.396 e. The quantitative estimate of drug-likeness (QED) is 0.595. The Kier molecular flexibility index (Phi) is 5.78. The van der Waals surface area contributed by atoms with Crippen molar-refractivity contribution in [3.05, 3.63) is 12.2 Å². The Balaban J connectivity index is 2.00. The van der Waals surface area contributed by atoms with Crippen molar-refractivity contribution in [2.45, 2.75) is 82.3 Å². The number of fused-ring (bicyclic) bond motifs is 1. The van der Waals surface area contributed by atoms with E-state index in [0.29, 0.717) is 6.42 Å². The number of rotatable bonds is 7. The number of unbranched alkanes of at least 4 members (excludes halogenated alkanes) is 1. The number of carbonyl (C=O) groups is 1. The number of carbonyl (C=O) groups excluding carboxylic acids is 1. The van der Waals surface area contributed by atoms with E-state index >= 15 is 0 Å². The summed E-state index contributed by atoms with van der Waals surface area (Å²) in [6.45, 7) is 3.68. The predicted molar refractivity (Wildman–Crippen MR) is 97.1 cm³/mol. The maximum atomic E-state index is 13.2. The van der Waals surface area contributed by atoms with E-state index in [1.54, 1.807) is 11.8 Å². The predicted octanol–water partition coefficient (Wildman–Crippen LogP) is 1.58. The van der Waals surface area contributed by atoms with Gasteiger partial charge in [0, 0.05) is 12.5 Å². The summed E-state index contributed by atoms with van der Waals surface area (Å²) in [5, 5.41) is 32.3. The molecule has 6 nitrogen and oxygen atoms in total. The Bertz CT molecular complexity index is 548. The molecule has 1 aliphatic carbocycles. The molecule has 3 aliphatic rings. The number of aliphatic hydroxyl groups is 3. The molecule has 2 fully saturated rings. The third-order valence-electron chi connectivity index (χ3n) is 6.71.